The van der Waals surface area contributed by atoms with Crippen LogP contribution in [0.1, 0.15) is 5.56 Å². The SMILES string of the molecule is Cc1ccc(S(=O)(=O)Nc2ccc(I)cc2[N+](=O)[O-])cc1. The van der Waals surface area contributed by atoms with Crippen LogP contribution in [0.4, 0.5) is 11.4 Å². The Morgan fingerprint density at radius 1 is 1.14 bits per heavy atom. The first-order chi connectivity index (χ1) is 9.79. The maximum absolute atomic E-state index is 12.2. The van der Waals surface area contributed by atoms with Gasteiger partial charge in [-0.3, -0.25) is 14.8 Å². The molecule has 0 aliphatic heterocycles. The number of hydrogen-bond acceptors (Lipinski definition) is 4. The lowest BCUT2D eigenvalue weighted by atomic mass is 10.2. The van der Waals surface area contributed by atoms with Gasteiger partial charge in [-0.2, -0.15) is 0 Å². The number of sulfonamides is 1. The molecule has 8 heteroatoms. The Kier molecular flexibility index (Phi) is 4.47. The average molecular weight is 418 g/mol. The van der Waals surface area contributed by atoms with E-state index in [4.69, 9.17) is 0 Å². The average Bonchev–Trinajstić information content (AvgIpc) is 2.41. The summed E-state index contributed by atoms with van der Waals surface area (Å²) in [6.45, 7) is 1.84. The standard InChI is InChI=1S/C13H11IN2O4S/c1-9-2-5-11(6-3-9)21(19,20)15-12-7-4-10(14)8-13(12)16(17)18/h2-8,15H,1H3. The summed E-state index contributed by atoms with van der Waals surface area (Å²) < 4.78 is 27.4. The molecule has 0 saturated heterocycles. The highest BCUT2D eigenvalue weighted by Crippen LogP contribution is 2.28. The van der Waals surface area contributed by atoms with Gasteiger partial charge in [0.2, 0.25) is 0 Å². The highest BCUT2D eigenvalue weighted by atomic mass is 127. The second-order valence-corrected chi connectivity index (χ2v) is 7.27. The van der Waals surface area contributed by atoms with Crippen molar-refractivity contribution in [2.75, 3.05) is 4.72 Å². The summed E-state index contributed by atoms with van der Waals surface area (Å²) in [5.41, 5.74) is 0.591. The zero-order chi connectivity index (χ0) is 15.6. The van der Waals surface area contributed by atoms with Crippen LogP contribution in [0.5, 0.6) is 0 Å². The maximum Gasteiger partial charge on any atom is 0.294 e. The quantitative estimate of drug-likeness (QED) is 0.469. The van der Waals surface area contributed by atoms with E-state index in [1.807, 2.05) is 29.5 Å². The van der Waals surface area contributed by atoms with E-state index in [-0.39, 0.29) is 16.3 Å². The van der Waals surface area contributed by atoms with Gasteiger partial charge >= 0.3 is 0 Å². The Morgan fingerprint density at radius 3 is 2.33 bits per heavy atom. The predicted molar refractivity (Wildman–Crippen MR) is 87.8 cm³/mol. The van der Waals surface area contributed by atoms with Crippen LogP contribution in [-0.2, 0) is 10.0 Å². The fourth-order valence-electron chi connectivity index (χ4n) is 1.66. The van der Waals surface area contributed by atoms with Crippen LogP contribution < -0.4 is 4.72 Å². The summed E-state index contributed by atoms with van der Waals surface area (Å²) in [4.78, 5) is 10.4. The van der Waals surface area contributed by atoms with E-state index in [1.54, 1.807) is 18.2 Å². The van der Waals surface area contributed by atoms with Gasteiger partial charge in [0.25, 0.3) is 15.7 Å². The van der Waals surface area contributed by atoms with Crippen LogP contribution in [0.15, 0.2) is 47.4 Å². The van der Waals surface area contributed by atoms with Crippen LogP contribution >= 0.6 is 22.6 Å². The van der Waals surface area contributed by atoms with Crippen molar-refractivity contribution in [3.63, 3.8) is 0 Å². The van der Waals surface area contributed by atoms with Gasteiger partial charge in [-0.15, -0.1) is 0 Å². The molecule has 2 rings (SSSR count). The number of rotatable bonds is 4. The summed E-state index contributed by atoms with van der Waals surface area (Å²) in [5.74, 6) is 0. The molecule has 0 fully saturated rings. The van der Waals surface area contributed by atoms with Crippen molar-refractivity contribution in [3.8, 4) is 0 Å². The third-order valence-corrected chi connectivity index (χ3v) is 4.78. The van der Waals surface area contributed by atoms with Gasteiger partial charge in [0.1, 0.15) is 5.69 Å². The molecule has 2 aromatic carbocycles. The van der Waals surface area contributed by atoms with Crippen molar-refractivity contribution in [1.82, 2.24) is 0 Å². The summed E-state index contributed by atoms with van der Waals surface area (Å²) in [6.07, 6.45) is 0. The van der Waals surface area contributed by atoms with Gasteiger partial charge in [0, 0.05) is 9.64 Å². The fourth-order valence-corrected chi connectivity index (χ4v) is 3.21. The lowest BCUT2D eigenvalue weighted by Gasteiger charge is -2.09. The number of hydrogen-bond donors (Lipinski definition) is 1. The molecular weight excluding hydrogens is 407 g/mol. The molecule has 0 atom stereocenters. The molecule has 0 unspecified atom stereocenters. The van der Waals surface area contributed by atoms with Gasteiger partial charge in [-0.25, -0.2) is 8.42 Å². The molecule has 0 aromatic heterocycles. The highest BCUT2D eigenvalue weighted by Gasteiger charge is 2.21. The Morgan fingerprint density at radius 2 is 1.76 bits per heavy atom. The number of aryl methyl sites for hydroxylation is 1. The summed E-state index contributed by atoms with van der Waals surface area (Å²) in [5, 5.41) is 11.0. The molecule has 2 aromatic rings. The van der Waals surface area contributed by atoms with Crippen molar-refractivity contribution >= 4 is 44.0 Å². The first-order valence-corrected chi connectivity index (χ1v) is 8.39. The normalized spacial score (nSPS) is 11.1. The van der Waals surface area contributed by atoms with Crippen molar-refractivity contribution in [1.29, 1.82) is 0 Å². The smallest absolute Gasteiger partial charge is 0.273 e. The zero-order valence-corrected chi connectivity index (χ0v) is 13.9. The van der Waals surface area contributed by atoms with Gasteiger partial charge in [-0.1, -0.05) is 17.7 Å². The van der Waals surface area contributed by atoms with Gasteiger partial charge in [-0.05, 0) is 53.8 Å². The van der Waals surface area contributed by atoms with Crippen LogP contribution in [0.2, 0.25) is 0 Å². The highest BCUT2D eigenvalue weighted by molar-refractivity contribution is 14.1. The minimum Gasteiger partial charge on any atom is -0.273 e. The topological polar surface area (TPSA) is 89.3 Å². The number of nitrogens with one attached hydrogen (secondary N) is 1. The van der Waals surface area contributed by atoms with E-state index in [2.05, 4.69) is 4.72 Å². The Balaban J connectivity index is 2.41. The maximum atomic E-state index is 12.2. The first-order valence-electron chi connectivity index (χ1n) is 5.83. The number of nitro benzene ring substituents is 1. The Bertz CT molecular complexity index is 788. The molecular formula is C13H11IN2O4S. The van der Waals surface area contributed by atoms with E-state index in [0.717, 1.165) is 5.56 Å². The molecule has 0 aliphatic rings. The second kappa shape index (κ2) is 5.98. The van der Waals surface area contributed by atoms with E-state index in [1.165, 1.54) is 24.3 Å². The van der Waals surface area contributed by atoms with Gasteiger partial charge in [0.05, 0.1) is 9.82 Å². The van der Waals surface area contributed by atoms with E-state index in [9.17, 15) is 18.5 Å². The fraction of sp³-hybridized carbons (Fsp3) is 0.0769. The summed E-state index contributed by atoms with van der Waals surface area (Å²) in [6, 6.07) is 10.5. The van der Waals surface area contributed by atoms with Crippen LogP contribution in [0.3, 0.4) is 0 Å². The molecule has 21 heavy (non-hydrogen) atoms. The molecule has 0 heterocycles. The van der Waals surface area contributed by atoms with Crippen molar-refractivity contribution < 1.29 is 13.3 Å². The lowest BCUT2D eigenvalue weighted by molar-refractivity contribution is -0.384. The zero-order valence-electron chi connectivity index (χ0n) is 10.9. The second-order valence-electron chi connectivity index (χ2n) is 4.34. The van der Waals surface area contributed by atoms with E-state index < -0.39 is 14.9 Å². The van der Waals surface area contributed by atoms with E-state index >= 15 is 0 Å². The lowest BCUT2D eigenvalue weighted by Crippen LogP contribution is -2.14. The third kappa shape index (κ3) is 3.70. The van der Waals surface area contributed by atoms with Gasteiger partial charge < -0.3 is 0 Å². The summed E-state index contributed by atoms with van der Waals surface area (Å²) >= 11 is 1.93. The van der Waals surface area contributed by atoms with Gasteiger partial charge in [0.15, 0.2) is 0 Å². The minimum absolute atomic E-state index is 0.0546. The molecule has 0 saturated carbocycles. The molecule has 1 N–H and O–H groups in total. The molecule has 110 valence electrons. The molecule has 0 spiro atoms. The molecule has 6 nitrogen and oxygen atoms in total. The first kappa shape index (κ1) is 15.7. The van der Waals surface area contributed by atoms with Crippen LogP contribution in [-0.4, -0.2) is 13.3 Å². The van der Waals surface area contributed by atoms with Crippen molar-refractivity contribution in [3.05, 3.63) is 61.7 Å². The summed E-state index contributed by atoms with van der Waals surface area (Å²) in [7, 11) is -3.86. The number of halogens is 1. The molecule has 0 bridgehead atoms. The molecule has 0 aliphatic carbocycles. The minimum atomic E-state index is -3.86. The number of anilines is 1. The van der Waals surface area contributed by atoms with E-state index in [0.29, 0.717) is 3.57 Å². The monoisotopic (exact) mass is 418 g/mol. The van der Waals surface area contributed by atoms with Crippen LogP contribution in [0, 0.1) is 20.6 Å². The van der Waals surface area contributed by atoms with Crippen molar-refractivity contribution in [2.24, 2.45) is 0 Å². The Hall–Kier alpha value is -1.68. The molecule has 0 amide bonds. The number of benzene rings is 2. The number of nitro groups is 1. The molecule has 0 radical (unpaired) electrons. The van der Waals surface area contributed by atoms with Crippen molar-refractivity contribution in [2.45, 2.75) is 11.8 Å². The predicted octanol–water partition coefficient (Wildman–Crippen LogP) is 3.31. The third-order valence-electron chi connectivity index (χ3n) is 2.73. The Labute approximate surface area is 135 Å². The number of nitrogens with zero attached hydrogens (tertiary/aromatic N) is 1. The van der Waals surface area contributed by atoms with Crippen LogP contribution in [0.25, 0.3) is 0 Å². The largest absolute Gasteiger partial charge is 0.294 e.